The number of nitrogens with two attached hydrogens (primary N) is 1. The summed E-state index contributed by atoms with van der Waals surface area (Å²) < 4.78 is 5.66. The van der Waals surface area contributed by atoms with Crippen molar-refractivity contribution in [2.24, 2.45) is 16.6 Å². The Hall–Kier alpha value is -1.95. The van der Waals surface area contributed by atoms with Gasteiger partial charge >= 0.3 is 0 Å². The fourth-order valence-electron chi connectivity index (χ4n) is 3.18. The van der Waals surface area contributed by atoms with Crippen molar-refractivity contribution in [2.75, 3.05) is 26.7 Å². The second kappa shape index (κ2) is 9.51. The predicted molar refractivity (Wildman–Crippen MR) is 101 cm³/mol. The Morgan fingerprint density at radius 2 is 2.32 bits per heavy atom. The zero-order valence-electron chi connectivity index (χ0n) is 14.9. The van der Waals surface area contributed by atoms with Crippen LogP contribution in [0.15, 0.2) is 23.2 Å². The molecule has 0 aliphatic carbocycles. The number of halogens is 1. The van der Waals surface area contributed by atoms with Crippen LogP contribution in [0.2, 0.25) is 5.02 Å². The summed E-state index contributed by atoms with van der Waals surface area (Å²) in [6.45, 7) is 4.85. The summed E-state index contributed by atoms with van der Waals surface area (Å²) in [5.74, 6) is 1.66. The molecule has 0 radical (unpaired) electrons. The SMILES string of the molecule is CCOc1cc(Cl)ccc1CNC(=NC)N1CCCC(CC(N)=O)C1. The topological polar surface area (TPSA) is 79.9 Å². The minimum absolute atomic E-state index is 0.239. The number of amides is 1. The molecule has 1 saturated heterocycles. The van der Waals surface area contributed by atoms with Crippen LogP contribution in [-0.2, 0) is 11.3 Å². The van der Waals surface area contributed by atoms with Crippen LogP contribution < -0.4 is 15.8 Å². The summed E-state index contributed by atoms with van der Waals surface area (Å²) in [5, 5.41) is 4.04. The van der Waals surface area contributed by atoms with Gasteiger partial charge in [0.05, 0.1) is 6.61 Å². The number of benzene rings is 1. The van der Waals surface area contributed by atoms with Gasteiger partial charge in [-0.25, -0.2) is 0 Å². The summed E-state index contributed by atoms with van der Waals surface area (Å²) >= 11 is 6.05. The van der Waals surface area contributed by atoms with E-state index in [-0.39, 0.29) is 5.91 Å². The number of hydrogen-bond acceptors (Lipinski definition) is 3. The molecule has 1 unspecified atom stereocenters. The minimum atomic E-state index is -0.239. The van der Waals surface area contributed by atoms with Crippen LogP contribution in [0.5, 0.6) is 5.75 Å². The van der Waals surface area contributed by atoms with E-state index in [4.69, 9.17) is 22.1 Å². The summed E-state index contributed by atoms with van der Waals surface area (Å²) in [6, 6.07) is 5.64. The number of nitrogens with zero attached hydrogens (tertiary/aromatic N) is 2. The van der Waals surface area contributed by atoms with E-state index in [2.05, 4.69) is 15.2 Å². The second-order valence-corrected chi connectivity index (χ2v) is 6.65. The first kappa shape index (κ1) is 19.4. The first-order chi connectivity index (χ1) is 12.0. The first-order valence-corrected chi connectivity index (χ1v) is 9.06. The fourth-order valence-corrected chi connectivity index (χ4v) is 3.34. The molecular weight excluding hydrogens is 340 g/mol. The zero-order valence-corrected chi connectivity index (χ0v) is 15.7. The van der Waals surface area contributed by atoms with Gasteiger partial charge in [-0.15, -0.1) is 0 Å². The van der Waals surface area contributed by atoms with Crippen molar-refractivity contribution in [1.29, 1.82) is 0 Å². The second-order valence-electron chi connectivity index (χ2n) is 6.21. The monoisotopic (exact) mass is 366 g/mol. The molecule has 138 valence electrons. The quantitative estimate of drug-likeness (QED) is 0.598. The lowest BCUT2D eigenvalue weighted by molar-refractivity contribution is -0.119. The lowest BCUT2D eigenvalue weighted by atomic mass is 9.95. The van der Waals surface area contributed by atoms with E-state index in [1.807, 2.05) is 25.1 Å². The van der Waals surface area contributed by atoms with E-state index in [0.717, 1.165) is 43.2 Å². The van der Waals surface area contributed by atoms with E-state index < -0.39 is 0 Å². The summed E-state index contributed by atoms with van der Waals surface area (Å²) in [6.07, 6.45) is 2.49. The highest BCUT2D eigenvalue weighted by Gasteiger charge is 2.23. The van der Waals surface area contributed by atoms with Crippen molar-refractivity contribution >= 4 is 23.5 Å². The van der Waals surface area contributed by atoms with Crippen LogP contribution in [0.25, 0.3) is 0 Å². The summed E-state index contributed by atoms with van der Waals surface area (Å²) in [5.41, 5.74) is 6.37. The highest BCUT2D eigenvalue weighted by Crippen LogP contribution is 2.24. The molecule has 1 heterocycles. The largest absolute Gasteiger partial charge is 0.493 e. The number of aliphatic imine (C=N–C) groups is 1. The van der Waals surface area contributed by atoms with Gasteiger partial charge in [0.15, 0.2) is 5.96 Å². The van der Waals surface area contributed by atoms with Gasteiger partial charge in [-0.3, -0.25) is 9.79 Å². The van der Waals surface area contributed by atoms with Crippen LogP contribution in [0.1, 0.15) is 31.7 Å². The predicted octanol–water partition coefficient (Wildman–Crippen LogP) is 2.40. The third-order valence-electron chi connectivity index (χ3n) is 4.29. The smallest absolute Gasteiger partial charge is 0.217 e. The molecular formula is C18H27ClN4O2. The molecule has 1 aliphatic rings. The molecule has 0 spiro atoms. The normalized spacial score (nSPS) is 18.1. The molecule has 1 aliphatic heterocycles. The van der Waals surface area contributed by atoms with Gasteiger partial charge in [-0.2, -0.15) is 0 Å². The van der Waals surface area contributed by atoms with Crippen LogP contribution in [0.3, 0.4) is 0 Å². The molecule has 1 fully saturated rings. The van der Waals surface area contributed by atoms with Gasteiger partial charge in [-0.05, 0) is 37.8 Å². The average molecular weight is 367 g/mol. The standard InChI is InChI=1S/C18H27ClN4O2/c1-3-25-16-10-15(19)7-6-14(16)11-22-18(21-2)23-8-4-5-13(12-23)9-17(20)24/h6-7,10,13H,3-5,8-9,11-12H2,1-2H3,(H2,20,24)(H,21,22). The van der Waals surface area contributed by atoms with Crippen molar-refractivity contribution in [1.82, 2.24) is 10.2 Å². The maximum atomic E-state index is 11.2. The molecule has 1 atom stereocenters. The van der Waals surface area contributed by atoms with Gasteiger partial charge in [0.1, 0.15) is 5.75 Å². The Morgan fingerprint density at radius 3 is 3.00 bits per heavy atom. The van der Waals surface area contributed by atoms with E-state index in [0.29, 0.717) is 30.5 Å². The average Bonchev–Trinajstić information content (AvgIpc) is 2.57. The number of hydrogen-bond donors (Lipinski definition) is 2. The van der Waals surface area contributed by atoms with Crippen LogP contribution in [-0.4, -0.2) is 43.5 Å². The van der Waals surface area contributed by atoms with Crippen LogP contribution in [0.4, 0.5) is 0 Å². The summed E-state index contributed by atoms with van der Waals surface area (Å²) in [7, 11) is 1.77. The van der Waals surface area contributed by atoms with Crippen molar-refractivity contribution in [3.63, 3.8) is 0 Å². The Balaban J connectivity index is 1.99. The fraction of sp³-hybridized carbons (Fsp3) is 0.556. The minimum Gasteiger partial charge on any atom is -0.493 e. The molecule has 1 amide bonds. The number of carbonyl (C=O) groups is 1. The molecule has 7 heteroatoms. The number of rotatable bonds is 6. The van der Waals surface area contributed by atoms with Crippen LogP contribution in [0, 0.1) is 5.92 Å². The number of piperidine rings is 1. The number of nitrogens with one attached hydrogen (secondary N) is 1. The Kier molecular flexibility index (Phi) is 7.37. The van der Waals surface area contributed by atoms with Gasteiger partial charge in [0.2, 0.25) is 5.91 Å². The maximum Gasteiger partial charge on any atom is 0.217 e. The van der Waals surface area contributed by atoms with E-state index >= 15 is 0 Å². The Labute approximate surface area is 154 Å². The Morgan fingerprint density at radius 1 is 1.52 bits per heavy atom. The van der Waals surface area contributed by atoms with Gasteiger partial charge < -0.3 is 20.7 Å². The zero-order chi connectivity index (χ0) is 18.2. The summed E-state index contributed by atoms with van der Waals surface area (Å²) in [4.78, 5) is 17.8. The van der Waals surface area contributed by atoms with Gasteiger partial charge in [-0.1, -0.05) is 17.7 Å². The van der Waals surface area contributed by atoms with Gasteiger partial charge in [0.25, 0.3) is 0 Å². The van der Waals surface area contributed by atoms with E-state index in [1.54, 1.807) is 7.05 Å². The number of carbonyl (C=O) groups excluding carboxylic acids is 1. The molecule has 1 aromatic rings. The lowest BCUT2D eigenvalue weighted by Gasteiger charge is -2.34. The highest BCUT2D eigenvalue weighted by molar-refractivity contribution is 6.30. The molecule has 1 aromatic carbocycles. The molecule has 0 aromatic heterocycles. The third kappa shape index (κ3) is 5.81. The first-order valence-electron chi connectivity index (χ1n) is 8.68. The lowest BCUT2D eigenvalue weighted by Crippen LogP contribution is -2.46. The molecule has 0 saturated carbocycles. The number of ether oxygens (including phenoxy) is 1. The number of primary amides is 1. The molecule has 3 N–H and O–H groups in total. The number of guanidine groups is 1. The van der Waals surface area contributed by atoms with Crippen molar-refractivity contribution in [3.8, 4) is 5.75 Å². The van der Waals surface area contributed by atoms with Crippen molar-refractivity contribution in [2.45, 2.75) is 32.7 Å². The van der Waals surface area contributed by atoms with Crippen molar-refractivity contribution in [3.05, 3.63) is 28.8 Å². The Bertz CT molecular complexity index is 621. The van der Waals surface area contributed by atoms with Crippen LogP contribution >= 0.6 is 11.6 Å². The number of likely N-dealkylation sites (tertiary alicyclic amines) is 1. The van der Waals surface area contributed by atoms with E-state index in [1.165, 1.54) is 0 Å². The van der Waals surface area contributed by atoms with Gasteiger partial charge in [0, 0.05) is 43.7 Å². The molecule has 6 nitrogen and oxygen atoms in total. The molecule has 25 heavy (non-hydrogen) atoms. The highest BCUT2D eigenvalue weighted by atomic mass is 35.5. The van der Waals surface area contributed by atoms with Crippen molar-refractivity contribution < 1.29 is 9.53 Å². The molecule has 0 bridgehead atoms. The van der Waals surface area contributed by atoms with E-state index in [9.17, 15) is 4.79 Å². The molecule has 2 rings (SSSR count). The maximum absolute atomic E-state index is 11.2. The third-order valence-corrected chi connectivity index (χ3v) is 4.52.